The molecule has 0 unspecified atom stereocenters. The number of aryl methyl sites for hydroxylation is 1. The van der Waals surface area contributed by atoms with E-state index in [1.165, 1.54) is 23.9 Å². The minimum Gasteiger partial charge on any atom is -0.368 e. The molecule has 0 radical (unpaired) electrons. The number of para-hydroxylation sites is 1. The molecule has 194 valence electrons. The molecule has 2 amide bonds. The highest BCUT2D eigenvalue weighted by atomic mass is 32.2. The van der Waals surface area contributed by atoms with Crippen molar-refractivity contribution >= 4 is 35.0 Å². The van der Waals surface area contributed by atoms with Crippen molar-refractivity contribution in [2.24, 2.45) is 0 Å². The van der Waals surface area contributed by atoms with Crippen LogP contribution in [0.5, 0.6) is 0 Å². The second kappa shape index (κ2) is 11.4. The number of tetrazole rings is 1. The van der Waals surface area contributed by atoms with Crippen molar-refractivity contribution in [2.45, 2.75) is 12.1 Å². The third-order valence-corrected chi connectivity index (χ3v) is 7.19. The Morgan fingerprint density at radius 3 is 2.47 bits per heavy atom. The number of benzene rings is 3. The molecule has 4 aromatic rings. The van der Waals surface area contributed by atoms with E-state index in [9.17, 15) is 14.0 Å². The standard InChI is InChI=1S/C27H26FN7O2S/c1-19-5-2-3-8-24(19)35-27(30-31-32-35)38-18-25(36)29-22-9-11-23(12-10-22)33-13-15-34(16-14-33)26(37)20-6-4-7-21(28)17-20/h2-12,17H,13-16,18H2,1H3,(H,29,36). The van der Waals surface area contributed by atoms with Gasteiger partial charge in [0.2, 0.25) is 11.1 Å². The number of thioether (sulfide) groups is 1. The summed E-state index contributed by atoms with van der Waals surface area (Å²) in [6, 6.07) is 21.2. The highest BCUT2D eigenvalue weighted by Gasteiger charge is 2.22. The van der Waals surface area contributed by atoms with E-state index in [0.29, 0.717) is 42.6 Å². The fraction of sp³-hybridized carbons (Fsp3) is 0.222. The van der Waals surface area contributed by atoms with Crippen LogP contribution >= 0.6 is 11.8 Å². The zero-order chi connectivity index (χ0) is 26.5. The van der Waals surface area contributed by atoms with Gasteiger partial charge in [0.05, 0.1) is 11.4 Å². The normalized spacial score (nSPS) is 13.4. The number of carbonyl (C=O) groups excluding carboxylic acids is 2. The maximum atomic E-state index is 13.5. The Balaban J connectivity index is 1.12. The average molecular weight is 532 g/mol. The number of piperazine rings is 1. The van der Waals surface area contributed by atoms with Gasteiger partial charge in [0.15, 0.2) is 0 Å². The van der Waals surface area contributed by atoms with Crippen LogP contribution < -0.4 is 10.2 Å². The first-order valence-corrected chi connectivity index (χ1v) is 13.1. The largest absolute Gasteiger partial charge is 0.368 e. The maximum absolute atomic E-state index is 13.5. The van der Waals surface area contributed by atoms with Gasteiger partial charge < -0.3 is 15.1 Å². The van der Waals surface area contributed by atoms with E-state index in [0.717, 1.165) is 16.9 Å². The first kappa shape index (κ1) is 25.4. The van der Waals surface area contributed by atoms with Crippen molar-refractivity contribution in [1.29, 1.82) is 0 Å². The van der Waals surface area contributed by atoms with E-state index in [1.54, 1.807) is 21.7 Å². The highest BCUT2D eigenvalue weighted by Crippen LogP contribution is 2.23. The molecule has 3 aromatic carbocycles. The Hall–Kier alpha value is -4.25. The van der Waals surface area contributed by atoms with E-state index in [4.69, 9.17) is 0 Å². The zero-order valence-corrected chi connectivity index (χ0v) is 21.6. The Morgan fingerprint density at radius 2 is 1.74 bits per heavy atom. The van der Waals surface area contributed by atoms with E-state index in [1.807, 2.05) is 55.5 Å². The predicted octanol–water partition coefficient (Wildman–Crippen LogP) is 3.80. The van der Waals surface area contributed by atoms with E-state index in [2.05, 4.69) is 25.7 Å². The van der Waals surface area contributed by atoms with Crippen molar-refractivity contribution in [2.75, 3.05) is 42.1 Å². The van der Waals surface area contributed by atoms with Gasteiger partial charge in [0.1, 0.15) is 5.82 Å². The van der Waals surface area contributed by atoms with Gasteiger partial charge in [-0.05, 0) is 71.4 Å². The number of halogens is 1. The monoisotopic (exact) mass is 531 g/mol. The van der Waals surface area contributed by atoms with Crippen molar-refractivity contribution in [3.8, 4) is 5.69 Å². The van der Waals surface area contributed by atoms with Gasteiger partial charge in [-0.25, -0.2) is 4.39 Å². The number of amides is 2. The maximum Gasteiger partial charge on any atom is 0.254 e. The smallest absolute Gasteiger partial charge is 0.254 e. The molecule has 5 rings (SSSR count). The quantitative estimate of drug-likeness (QED) is 0.363. The van der Waals surface area contributed by atoms with Crippen LogP contribution in [0.1, 0.15) is 15.9 Å². The van der Waals surface area contributed by atoms with Gasteiger partial charge in [-0.1, -0.05) is 36.0 Å². The van der Waals surface area contributed by atoms with Gasteiger partial charge in [0.25, 0.3) is 5.91 Å². The molecular weight excluding hydrogens is 505 g/mol. The van der Waals surface area contributed by atoms with Crippen LogP contribution in [0.3, 0.4) is 0 Å². The lowest BCUT2D eigenvalue weighted by molar-refractivity contribution is -0.113. The molecule has 2 heterocycles. The lowest BCUT2D eigenvalue weighted by Gasteiger charge is -2.36. The van der Waals surface area contributed by atoms with Crippen molar-refractivity contribution in [1.82, 2.24) is 25.1 Å². The van der Waals surface area contributed by atoms with Crippen LogP contribution in [0.2, 0.25) is 0 Å². The zero-order valence-electron chi connectivity index (χ0n) is 20.7. The fourth-order valence-electron chi connectivity index (χ4n) is 4.28. The van der Waals surface area contributed by atoms with Gasteiger partial charge in [0, 0.05) is 43.1 Å². The van der Waals surface area contributed by atoms with Crippen LogP contribution in [0.4, 0.5) is 15.8 Å². The summed E-state index contributed by atoms with van der Waals surface area (Å²) in [7, 11) is 0. The molecule has 0 saturated carbocycles. The van der Waals surface area contributed by atoms with Crippen molar-refractivity contribution < 1.29 is 14.0 Å². The SMILES string of the molecule is Cc1ccccc1-n1nnnc1SCC(=O)Nc1ccc(N2CCN(C(=O)c3cccc(F)c3)CC2)cc1. The second-order valence-electron chi connectivity index (χ2n) is 8.83. The molecule has 38 heavy (non-hydrogen) atoms. The lowest BCUT2D eigenvalue weighted by atomic mass is 10.1. The minimum atomic E-state index is -0.414. The topological polar surface area (TPSA) is 96.2 Å². The average Bonchev–Trinajstić information content (AvgIpc) is 3.41. The molecule has 1 fully saturated rings. The second-order valence-corrected chi connectivity index (χ2v) is 9.78. The van der Waals surface area contributed by atoms with Gasteiger partial charge in [-0.2, -0.15) is 4.68 Å². The molecule has 0 bridgehead atoms. The third-order valence-electron chi connectivity index (χ3n) is 6.27. The third kappa shape index (κ3) is 5.83. The number of aromatic nitrogens is 4. The summed E-state index contributed by atoms with van der Waals surface area (Å²) in [6.45, 7) is 4.41. The highest BCUT2D eigenvalue weighted by molar-refractivity contribution is 7.99. The number of carbonyl (C=O) groups is 2. The van der Waals surface area contributed by atoms with Gasteiger partial charge in [-0.15, -0.1) is 5.10 Å². The molecule has 1 saturated heterocycles. The molecule has 0 aliphatic carbocycles. The molecule has 1 aromatic heterocycles. The number of hydrogen-bond donors (Lipinski definition) is 1. The molecule has 0 atom stereocenters. The van der Waals surface area contributed by atoms with Crippen LogP contribution in [-0.4, -0.2) is 68.9 Å². The Morgan fingerprint density at radius 1 is 0.974 bits per heavy atom. The van der Waals surface area contributed by atoms with E-state index < -0.39 is 5.82 Å². The number of anilines is 2. The van der Waals surface area contributed by atoms with E-state index >= 15 is 0 Å². The molecular formula is C27H26FN7O2S. The van der Waals surface area contributed by atoms with Crippen LogP contribution in [0.15, 0.2) is 78.0 Å². The summed E-state index contributed by atoms with van der Waals surface area (Å²) in [4.78, 5) is 29.2. The molecule has 9 nitrogen and oxygen atoms in total. The van der Waals surface area contributed by atoms with E-state index in [-0.39, 0.29) is 17.6 Å². The Bertz CT molecular complexity index is 1440. The summed E-state index contributed by atoms with van der Waals surface area (Å²) in [5, 5.41) is 15.3. The summed E-state index contributed by atoms with van der Waals surface area (Å²) in [5.74, 6) is -0.572. The first-order chi connectivity index (χ1) is 18.5. The van der Waals surface area contributed by atoms with Crippen molar-refractivity contribution in [3.05, 3.63) is 89.7 Å². The molecule has 1 aliphatic rings. The lowest BCUT2D eigenvalue weighted by Crippen LogP contribution is -2.48. The van der Waals surface area contributed by atoms with Gasteiger partial charge >= 0.3 is 0 Å². The first-order valence-electron chi connectivity index (χ1n) is 12.1. The molecule has 1 aliphatic heterocycles. The number of rotatable bonds is 7. The van der Waals surface area contributed by atoms with Crippen molar-refractivity contribution in [3.63, 3.8) is 0 Å². The summed E-state index contributed by atoms with van der Waals surface area (Å²) < 4.78 is 15.1. The Kier molecular flexibility index (Phi) is 7.64. The summed E-state index contributed by atoms with van der Waals surface area (Å²) >= 11 is 1.27. The minimum absolute atomic E-state index is 0.159. The molecule has 1 N–H and O–H groups in total. The van der Waals surface area contributed by atoms with Gasteiger partial charge in [-0.3, -0.25) is 9.59 Å². The summed E-state index contributed by atoms with van der Waals surface area (Å²) in [5.41, 5.74) is 3.97. The fourth-order valence-corrected chi connectivity index (χ4v) is 4.96. The van der Waals surface area contributed by atoms with Crippen LogP contribution in [0, 0.1) is 12.7 Å². The molecule has 0 spiro atoms. The van der Waals surface area contributed by atoms with Crippen LogP contribution in [0.25, 0.3) is 5.69 Å². The van der Waals surface area contributed by atoms with Crippen LogP contribution in [-0.2, 0) is 4.79 Å². The number of nitrogens with one attached hydrogen (secondary N) is 1. The molecule has 11 heteroatoms. The number of nitrogens with zero attached hydrogens (tertiary/aromatic N) is 6. The Labute approximate surface area is 223 Å². The summed E-state index contributed by atoms with van der Waals surface area (Å²) in [6.07, 6.45) is 0. The predicted molar refractivity (Wildman–Crippen MR) is 144 cm³/mol. The number of hydrogen-bond acceptors (Lipinski definition) is 7.